The number of sulfonamides is 1. The highest BCUT2D eigenvalue weighted by Crippen LogP contribution is 2.27. The van der Waals surface area contributed by atoms with E-state index < -0.39 is 10.0 Å². The molecular weight excluding hydrogens is 166 g/mol. The van der Waals surface area contributed by atoms with Gasteiger partial charge in [0.2, 0.25) is 15.9 Å². The quantitative estimate of drug-likeness (QED) is 0.366. The molecule has 0 spiro atoms. The van der Waals surface area contributed by atoms with Crippen LogP contribution in [0.5, 0.6) is 0 Å². The summed E-state index contributed by atoms with van der Waals surface area (Å²) in [6.45, 7) is 0. The molecule has 0 bridgehead atoms. The molecule has 0 aromatic rings. The van der Waals surface area contributed by atoms with Crippen LogP contribution in [-0.4, -0.2) is 30.4 Å². The van der Waals surface area contributed by atoms with Crippen LogP contribution in [0, 0.1) is 0 Å². The lowest BCUT2D eigenvalue weighted by Gasteiger charge is -2.39. The maximum absolute atomic E-state index is 11.1. The first-order valence-corrected chi connectivity index (χ1v) is 4.94. The Hall–Kier alpha value is -0.840. The van der Waals surface area contributed by atoms with E-state index in [0.29, 0.717) is 6.42 Å². The number of β-lactam (4-membered cyclic amide) rings is 1. The minimum Gasteiger partial charge on any atom is -0.274 e. The number of fused-ring (bicyclic) bond motifs is 1. The van der Waals surface area contributed by atoms with E-state index in [0.717, 1.165) is 4.31 Å². The Kier molecular flexibility index (Phi) is 1.15. The van der Waals surface area contributed by atoms with Crippen LogP contribution in [0.15, 0.2) is 12.2 Å². The third-order valence-electron chi connectivity index (χ3n) is 1.90. The lowest BCUT2D eigenvalue weighted by Crippen LogP contribution is -2.56. The first-order valence-electron chi connectivity index (χ1n) is 3.33. The molecule has 0 aromatic carbocycles. The van der Waals surface area contributed by atoms with Gasteiger partial charge in [-0.15, -0.1) is 0 Å². The van der Waals surface area contributed by atoms with Crippen molar-refractivity contribution < 1.29 is 13.2 Å². The van der Waals surface area contributed by atoms with Crippen molar-refractivity contribution in [3.8, 4) is 0 Å². The van der Waals surface area contributed by atoms with Gasteiger partial charge in [0.05, 0.1) is 18.2 Å². The summed E-state index contributed by atoms with van der Waals surface area (Å²) in [6.07, 6.45) is 3.71. The second-order valence-electron chi connectivity index (χ2n) is 2.67. The number of carbonyl (C=O) groups is 1. The van der Waals surface area contributed by atoms with Crippen molar-refractivity contribution in [1.82, 2.24) is 4.31 Å². The molecule has 1 atom stereocenters. The van der Waals surface area contributed by atoms with Gasteiger partial charge in [-0.25, -0.2) is 12.7 Å². The molecule has 1 unspecified atom stereocenters. The van der Waals surface area contributed by atoms with E-state index in [1.807, 2.05) is 0 Å². The van der Waals surface area contributed by atoms with Gasteiger partial charge in [-0.2, -0.15) is 0 Å². The van der Waals surface area contributed by atoms with Crippen LogP contribution in [0.25, 0.3) is 0 Å². The Labute approximate surface area is 64.5 Å². The molecule has 2 rings (SSSR count). The van der Waals surface area contributed by atoms with E-state index in [4.69, 9.17) is 0 Å². The predicted octanol–water partition coefficient (Wildman–Crippen LogP) is -0.513. The number of amides is 1. The maximum atomic E-state index is 11.1. The molecule has 0 aromatic heterocycles. The van der Waals surface area contributed by atoms with Gasteiger partial charge in [0.1, 0.15) is 0 Å². The van der Waals surface area contributed by atoms with Crippen LogP contribution < -0.4 is 0 Å². The predicted molar refractivity (Wildman–Crippen MR) is 38.2 cm³/mol. The molecule has 11 heavy (non-hydrogen) atoms. The fraction of sp³-hybridized carbons (Fsp3) is 0.500. The molecule has 0 N–H and O–H groups in total. The second-order valence-corrected chi connectivity index (χ2v) is 4.56. The minimum absolute atomic E-state index is 0.0325. The molecule has 2 aliphatic rings. The summed E-state index contributed by atoms with van der Waals surface area (Å²) in [5.41, 5.74) is 0. The van der Waals surface area contributed by atoms with E-state index in [-0.39, 0.29) is 17.7 Å². The van der Waals surface area contributed by atoms with Crippen LogP contribution in [0.2, 0.25) is 0 Å². The van der Waals surface area contributed by atoms with Gasteiger partial charge in [-0.05, 0) is 0 Å². The highest BCUT2D eigenvalue weighted by Gasteiger charge is 2.44. The Morgan fingerprint density at radius 1 is 1.55 bits per heavy atom. The lowest BCUT2D eigenvalue weighted by molar-refractivity contribution is -0.135. The zero-order valence-corrected chi connectivity index (χ0v) is 6.54. The van der Waals surface area contributed by atoms with Crippen molar-refractivity contribution in [3.63, 3.8) is 0 Å². The van der Waals surface area contributed by atoms with Crippen molar-refractivity contribution >= 4 is 15.9 Å². The Bertz CT molecular complexity index is 330. The fourth-order valence-corrected chi connectivity index (χ4v) is 2.80. The molecule has 4 nitrogen and oxygen atoms in total. The van der Waals surface area contributed by atoms with Crippen molar-refractivity contribution in [2.24, 2.45) is 0 Å². The minimum atomic E-state index is -3.28. The number of carbonyl (C=O) groups excluding carboxylic acids is 1. The zero-order valence-electron chi connectivity index (χ0n) is 5.73. The van der Waals surface area contributed by atoms with Gasteiger partial charge < -0.3 is 0 Å². The Morgan fingerprint density at radius 3 is 2.73 bits per heavy atom. The van der Waals surface area contributed by atoms with Gasteiger partial charge in [0.25, 0.3) is 0 Å². The number of nitrogens with zero attached hydrogens (tertiary/aromatic N) is 1. The summed E-state index contributed by atoms with van der Waals surface area (Å²) >= 11 is 0. The average Bonchev–Trinajstić information content (AvgIpc) is 1.82. The molecule has 5 heteroatoms. The van der Waals surface area contributed by atoms with Gasteiger partial charge in [0.15, 0.2) is 0 Å². The van der Waals surface area contributed by atoms with E-state index >= 15 is 0 Å². The molecule has 0 saturated carbocycles. The molecule has 60 valence electrons. The first kappa shape index (κ1) is 6.84. The topological polar surface area (TPSA) is 54.5 Å². The van der Waals surface area contributed by atoms with Gasteiger partial charge in [-0.3, -0.25) is 4.79 Å². The first-order chi connectivity index (χ1) is 5.11. The standard InChI is InChI=1S/C6H7NO3S/c8-6-4-5-2-1-3-11(9,10)7(5)6/h1-2,5H,3-4H2. The van der Waals surface area contributed by atoms with Gasteiger partial charge >= 0.3 is 0 Å². The smallest absolute Gasteiger partial charge is 0.241 e. The number of hydrogen-bond donors (Lipinski definition) is 0. The summed E-state index contributed by atoms with van der Waals surface area (Å²) < 4.78 is 23.2. The summed E-state index contributed by atoms with van der Waals surface area (Å²) in [4.78, 5) is 10.8. The molecule has 2 heterocycles. The SMILES string of the molecule is O=C1CC2C=CCS(=O)(=O)N12. The average molecular weight is 173 g/mol. The maximum Gasteiger partial charge on any atom is 0.241 e. The summed E-state index contributed by atoms with van der Waals surface area (Å²) in [5, 5.41) is 0. The van der Waals surface area contributed by atoms with E-state index in [1.54, 1.807) is 12.2 Å². The molecule has 0 radical (unpaired) electrons. The summed E-state index contributed by atoms with van der Waals surface area (Å²) in [5.74, 6) is -0.311. The largest absolute Gasteiger partial charge is 0.274 e. The van der Waals surface area contributed by atoms with Crippen LogP contribution >= 0.6 is 0 Å². The summed E-state index contributed by atoms with van der Waals surface area (Å²) in [7, 11) is -3.28. The van der Waals surface area contributed by atoms with Gasteiger partial charge in [0, 0.05) is 0 Å². The van der Waals surface area contributed by atoms with Gasteiger partial charge in [-0.1, -0.05) is 12.2 Å². The van der Waals surface area contributed by atoms with Crippen LogP contribution in [0.1, 0.15) is 6.42 Å². The van der Waals surface area contributed by atoms with Crippen LogP contribution in [0.4, 0.5) is 0 Å². The van der Waals surface area contributed by atoms with Crippen molar-refractivity contribution in [2.45, 2.75) is 12.5 Å². The molecule has 0 aliphatic carbocycles. The normalized spacial score (nSPS) is 32.9. The summed E-state index contributed by atoms with van der Waals surface area (Å²) in [6, 6.07) is -0.179. The van der Waals surface area contributed by atoms with Crippen molar-refractivity contribution in [1.29, 1.82) is 0 Å². The zero-order chi connectivity index (χ0) is 8.06. The fourth-order valence-electron chi connectivity index (χ4n) is 1.35. The van der Waals surface area contributed by atoms with E-state index in [2.05, 4.69) is 0 Å². The monoisotopic (exact) mass is 173 g/mol. The van der Waals surface area contributed by atoms with Crippen LogP contribution in [0.3, 0.4) is 0 Å². The lowest BCUT2D eigenvalue weighted by atomic mass is 10.1. The molecular formula is C6H7NO3S. The highest BCUT2D eigenvalue weighted by atomic mass is 32.2. The number of rotatable bonds is 0. The highest BCUT2D eigenvalue weighted by molar-refractivity contribution is 7.89. The molecule has 1 saturated heterocycles. The molecule has 1 fully saturated rings. The third kappa shape index (κ3) is 0.805. The third-order valence-corrected chi connectivity index (χ3v) is 3.58. The van der Waals surface area contributed by atoms with Crippen molar-refractivity contribution in [2.75, 3.05) is 5.75 Å². The van der Waals surface area contributed by atoms with Crippen LogP contribution in [-0.2, 0) is 14.8 Å². The molecule has 1 amide bonds. The Morgan fingerprint density at radius 2 is 2.27 bits per heavy atom. The van der Waals surface area contributed by atoms with E-state index in [9.17, 15) is 13.2 Å². The molecule has 2 aliphatic heterocycles. The van der Waals surface area contributed by atoms with E-state index in [1.165, 1.54) is 0 Å². The number of hydrogen-bond acceptors (Lipinski definition) is 3. The Balaban J connectivity index is 2.43. The second kappa shape index (κ2) is 1.85. The van der Waals surface area contributed by atoms with Crippen molar-refractivity contribution in [3.05, 3.63) is 12.2 Å².